The first-order valence-corrected chi connectivity index (χ1v) is 13.5. The quantitative estimate of drug-likeness (QED) is 0.472. The Morgan fingerprint density at radius 2 is 1.74 bits per heavy atom. The van der Waals surface area contributed by atoms with Crippen molar-refractivity contribution in [1.82, 2.24) is 4.90 Å². The van der Waals surface area contributed by atoms with Crippen LogP contribution in [0.1, 0.15) is 69.2 Å². The summed E-state index contributed by atoms with van der Waals surface area (Å²) in [5.74, 6) is 2.30. The summed E-state index contributed by atoms with van der Waals surface area (Å²) in [5.41, 5.74) is 2.12. The second kappa shape index (κ2) is 10.8. The molecule has 1 amide bonds. The van der Waals surface area contributed by atoms with Gasteiger partial charge in [0.25, 0.3) is 0 Å². The highest BCUT2D eigenvalue weighted by Gasteiger charge is 2.39. The van der Waals surface area contributed by atoms with Gasteiger partial charge in [-0.05, 0) is 80.5 Å². The van der Waals surface area contributed by atoms with Crippen LogP contribution in [0, 0.1) is 5.92 Å². The Hall–Kier alpha value is -3.42. The molecule has 0 radical (unpaired) electrons. The number of amides is 1. The van der Waals surface area contributed by atoms with Gasteiger partial charge in [0.2, 0.25) is 0 Å². The van der Waals surface area contributed by atoms with Gasteiger partial charge in [0.05, 0.1) is 20.3 Å². The summed E-state index contributed by atoms with van der Waals surface area (Å²) >= 11 is 0. The molecule has 8 nitrogen and oxygen atoms in total. The maximum absolute atomic E-state index is 13.0. The van der Waals surface area contributed by atoms with Gasteiger partial charge in [0.15, 0.2) is 17.6 Å². The van der Waals surface area contributed by atoms with Gasteiger partial charge in [-0.1, -0.05) is 25.0 Å². The van der Waals surface area contributed by atoms with Crippen molar-refractivity contribution in [2.75, 3.05) is 20.3 Å². The van der Waals surface area contributed by atoms with E-state index in [1.165, 1.54) is 37.7 Å². The summed E-state index contributed by atoms with van der Waals surface area (Å²) in [6, 6.07) is 11.1. The number of benzene rings is 2. The lowest BCUT2D eigenvalue weighted by molar-refractivity contribution is -0.147. The second-order valence-electron chi connectivity index (χ2n) is 11.4. The molecule has 0 saturated heterocycles. The number of rotatable bonds is 5. The summed E-state index contributed by atoms with van der Waals surface area (Å²) in [5, 5.41) is 0. The third-order valence-electron chi connectivity index (χ3n) is 7.37. The van der Waals surface area contributed by atoms with Gasteiger partial charge in [-0.2, -0.15) is 0 Å². The Balaban J connectivity index is 1.30. The molecular formula is C30H37NO7. The van der Waals surface area contributed by atoms with Crippen molar-refractivity contribution in [1.29, 1.82) is 0 Å². The minimum absolute atomic E-state index is 0.207. The predicted molar refractivity (Wildman–Crippen MR) is 140 cm³/mol. The summed E-state index contributed by atoms with van der Waals surface area (Å²) in [7, 11) is 1.32. The molecule has 0 N–H and O–H groups in total. The molecule has 204 valence electrons. The molecule has 1 fully saturated rings. The molecule has 0 bridgehead atoms. The fraction of sp³-hybridized carbons (Fsp3) is 0.533. The van der Waals surface area contributed by atoms with Crippen molar-refractivity contribution >= 4 is 12.1 Å². The van der Waals surface area contributed by atoms with E-state index in [-0.39, 0.29) is 12.6 Å². The number of carbonyl (C=O) groups is 2. The van der Waals surface area contributed by atoms with Gasteiger partial charge >= 0.3 is 12.1 Å². The number of methoxy groups -OCH3 is 1. The molecule has 0 aromatic heterocycles. The van der Waals surface area contributed by atoms with Crippen LogP contribution in [-0.2, 0) is 27.2 Å². The second-order valence-corrected chi connectivity index (χ2v) is 11.4. The molecule has 8 heteroatoms. The highest BCUT2D eigenvalue weighted by Crippen LogP contribution is 2.41. The SMILES string of the molecule is COC(=O)C1Cc2cc3c(cc2CN1C(=O)OC(C)(C)C)OC(c1ccc(OCC2CCCC2)cc1)CO3. The first-order chi connectivity index (χ1) is 18.2. The molecule has 1 aliphatic carbocycles. The van der Waals surface area contributed by atoms with Crippen LogP contribution in [-0.4, -0.2) is 48.9 Å². The molecule has 5 rings (SSSR count). The number of ether oxygens (including phenoxy) is 5. The van der Waals surface area contributed by atoms with Crippen molar-refractivity contribution in [2.24, 2.45) is 5.92 Å². The number of fused-ring (bicyclic) bond motifs is 2. The smallest absolute Gasteiger partial charge is 0.411 e. The Bertz CT molecular complexity index is 1160. The molecule has 2 heterocycles. The zero-order valence-electron chi connectivity index (χ0n) is 22.7. The van der Waals surface area contributed by atoms with E-state index in [1.54, 1.807) is 20.8 Å². The molecule has 3 aliphatic rings. The van der Waals surface area contributed by atoms with Crippen molar-refractivity contribution in [2.45, 2.75) is 77.2 Å². The molecule has 38 heavy (non-hydrogen) atoms. The topological polar surface area (TPSA) is 83.5 Å². The van der Waals surface area contributed by atoms with Crippen LogP contribution in [0.5, 0.6) is 17.2 Å². The molecule has 2 unspecified atom stereocenters. The highest BCUT2D eigenvalue weighted by molar-refractivity contribution is 5.82. The number of nitrogens with zero attached hydrogens (tertiary/aromatic N) is 1. The van der Waals surface area contributed by atoms with Gasteiger partial charge in [0.1, 0.15) is 24.0 Å². The van der Waals surface area contributed by atoms with Gasteiger partial charge in [-0.25, -0.2) is 9.59 Å². The largest absolute Gasteiger partial charge is 0.493 e. The summed E-state index contributed by atoms with van der Waals surface area (Å²) in [6.07, 6.45) is 4.62. The van der Waals surface area contributed by atoms with Gasteiger partial charge in [-0.15, -0.1) is 0 Å². The summed E-state index contributed by atoms with van der Waals surface area (Å²) < 4.78 is 29.0. The Labute approximate surface area is 224 Å². The molecule has 2 aromatic carbocycles. The fourth-order valence-corrected chi connectivity index (χ4v) is 5.34. The third kappa shape index (κ3) is 5.84. The Morgan fingerprint density at radius 3 is 2.42 bits per heavy atom. The molecule has 2 aromatic rings. The van der Waals surface area contributed by atoms with E-state index in [0.717, 1.165) is 29.0 Å². The monoisotopic (exact) mass is 523 g/mol. The average Bonchev–Trinajstić information content (AvgIpc) is 3.42. The predicted octanol–water partition coefficient (Wildman–Crippen LogP) is 5.60. The number of hydrogen-bond donors (Lipinski definition) is 0. The zero-order chi connectivity index (χ0) is 26.9. The highest BCUT2D eigenvalue weighted by atomic mass is 16.6. The molecule has 2 aliphatic heterocycles. The van der Waals surface area contributed by atoms with E-state index in [4.69, 9.17) is 23.7 Å². The van der Waals surface area contributed by atoms with Crippen LogP contribution < -0.4 is 14.2 Å². The van der Waals surface area contributed by atoms with Crippen LogP contribution in [0.25, 0.3) is 0 Å². The van der Waals surface area contributed by atoms with Crippen LogP contribution in [0.15, 0.2) is 36.4 Å². The number of esters is 1. The Kier molecular flexibility index (Phi) is 7.41. The normalized spacial score (nSPS) is 21.0. The maximum Gasteiger partial charge on any atom is 0.411 e. The Morgan fingerprint density at radius 1 is 1.03 bits per heavy atom. The van der Waals surface area contributed by atoms with Crippen molar-refractivity contribution in [3.05, 3.63) is 53.1 Å². The van der Waals surface area contributed by atoms with Crippen molar-refractivity contribution in [3.8, 4) is 17.2 Å². The van der Waals surface area contributed by atoms with E-state index < -0.39 is 23.7 Å². The first kappa shape index (κ1) is 26.2. The van der Waals surface area contributed by atoms with E-state index >= 15 is 0 Å². The van der Waals surface area contributed by atoms with Crippen LogP contribution in [0.2, 0.25) is 0 Å². The lowest BCUT2D eigenvalue weighted by Gasteiger charge is -2.37. The number of hydrogen-bond acceptors (Lipinski definition) is 7. The lowest BCUT2D eigenvalue weighted by Crippen LogP contribution is -2.50. The average molecular weight is 524 g/mol. The molecular weight excluding hydrogens is 486 g/mol. The van der Waals surface area contributed by atoms with Gasteiger partial charge < -0.3 is 23.7 Å². The van der Waals surface area contributed by atoms with Gasteiger partial charge in [-0.3, -0.25) is 4.90 Å². The minimum atomic E-state index is -0.771. The molecule has 0 spiro atoms. The van der Waals surface area contributed by atoms with Crippen LogP contribution in [0.4, 0.5) is 4.79 Å². The van der Waals surface area contributed by atoms with Crippen LogP contribution in [0.3, 0.4) is 0 Å². The van der Waals surface area contributed by atoms with Crippen molar-refractivity contribution < 1.29 is 33.3 Å². The molecule has 2 atom stereocenters. The maximum atomic E-state index is 13.0. The fourth-order valence-electron chi connectivity index (χ4n) is 5.34. The van der Waals surface area contributed by atoms with E-state index in [9.17, 15) is 9.59 Å². The summed E-state index contributed by atoms with van der Waals surface area (Å²) in [4.78, 5) is 26.9. The number of carbonyl (C=O) groups excluding carboxylic acids is 2. The first-order valence-electron chi connectivity index (χ1n) is 13.5. The van der Waals surface area contributed by atoms with E-state index in [2.05, 4.69) is 0 Å². The summed E-state index contributed by atoms with van der Waals surface area (Å²) in [6.45, 7) is 6.75. The lowest BCUT2D eigenvalue weighted by atomic mass is 9.93. The molecule has 1 saturated carbocycles. The van der Waals surface area contributed by atoms with Crippen LogP contribution >= 0.6 is 0 Å². The standard InChI is InChI=1S/C30H37NO7/c1-30(2,3)38-29(33)31-16-22-15-26-25(14-21(22)13-24(31)28(32)34-4)36-18-27(37-26)20-9-11-23(12-10-20)35-17-19-7-5-6-8-19/h9-12,14-15,19,24,27H,5-8,13,16-18H2,1-4H3. The minimum Gasteiger partial charge on any atom is -0.493 e. The third-order valence-corrected chi connectivity index (χ3v) is 7.37. The van der Waals surface area contributed by atoms with Gasteiger partial charge in [0, 0.05) is 6.42 Å². The zero-order valence-corrected chi connectivity index (χ0v) is 22.7. The van der Waals surface area contributed by atoms with E-state index in [0.29, 0.717) is 30.4 Å². The van der Waals surface area contributed by atoms with E-state index in [1.807, 2.05) is 36.4 Å². The van der Waals surface area contributed by atoms with Crippen molar-refractivity contribution in [3.63, 3.8) is 0 Å².